The van der Waals surface area contributed by atoms with Gasteiger partial charge >= 0.3 is 0 Å². The first-order chi connectivity index (χ1) is 11.3. The highest BCUT2D eigenvalue weighted by molar-refractivity contribution is 5.91. The summed E-state index contributed by atoms with van der Waals surface area (Å²) in [6, 6.07) is 8.06. The predicted molar refractivity (Wildman–Crippen MR) is 95.8 cm³/mol. The van der Waals surface area contributed by atoms with Gasteiger partial charge in [0.15, 0.2) is 0 Å². The van der Waals surface area contributed by atoms with E-state index in [-0.39, 0.29) is 6.04 Å². The number of oxime groups is 1. The maximum atomic E-state index is 9.45. The molecule has 0 aliphatic heterocycles. The van der Waals surface area contributed by atoms with E-state index in [0.717, 1.165) is 36.4 Å². The standard InChI is InChI=1S/C19H30N2O2/c1-23-17-14-12-16(13-15-17)20-18-10-8-6-4-2-3-5-7-9-11-19(18)21-22/h12-15,18,20,22H,2-11H2,1H3/b21-19-. The lowest BCUT2D eigenvalue weighted by atomic mass is 9.96. The van der Waals surface area contributed by atoms with Gasteiger partial charge in [0.2, 0.25) is 0 Å². The van der Waals surface area contributed by atoms with Crippen molar-refractivity contribution in [2.24, 2.45) is 5.16 Å². The molecule has 0 spiro atoms. The molecule has 2 N–H and O–H groups in total. The van der Waals surface area contributed by atoms with Gasteiger partial charge in [-0.25, -0.2) is 0 Å². The highest BCUT2D eigenvalue weighted by Gasteiger charge is 2.17. The molecule has 1 unspecified atom stereocenters. The number of anilines is 1. The van der Waals surface area contributed by atoms with Gasteiger partial charge in [0, 0.05) is 5.69 Å². The second-order valence-corrected chi connectivity index (χ2v) is 6.38. The number of hydrogen-bond donors (Lipinski definition) is 2. The molecule has 1 aromatic carbocycles. The Kier molecular flexibility index (Phi) is 7.78. The summed E-state index contributed by atoms with van der Waals surface area (Å²) < 4.78 is 5.20. The van der Waals surface area contributed by atoms with Crippen LogP contribution in [0.5, 0.6) is 5.75 Å². The van der Waals surface area contributed by atoms with E-state index in [2.05, 4.69) is 10.5 Å². The number of benzene rings is 1. The maximum Gasteiger partial charge on any atom is 0.119 e. The molecule has 1 atom stereocenters. The van der Waals surface area contributed by atoms with E-state index in [1.807, 2.05) is 24.3 Å². The molecule has 1 aliphatic rings. The molecule has 0 aromatic heterocycles. The predicted octanol–water partition coefficient (Wildman–Crippen LogP) is 5.22. The summed E-state index contributed by atoms with van der Waals surface area (Å²) in [5.41, 5.74) is 1.94. The lowest BCUT2D eigenvalue weighted by molar-refractivity contribution is 0.314. The lowest BCUT2D eigenvalue weighted by Crippen LogP contribution is -2.30. The van der Waals surface area contributed by atoms with Gasteiger partial charge in [-0.2, -0.15) is 0 Å². The first-order valence-electron chi connectivity index (χ1n) is 8.95. The molecular formula is C19H30N2O2. The molecule has 128 valence electrons. The van der Waals surface area contributed by atoms with E-state index >= 15 is 0 Å². The Labute approximate surface area is 139 Å². The van der Waals surface area contributed by atoms with Crippen LogP contribution in [0.25, 0.3) is 0 Å². The Morgan fingerprint density at radius 2 is 1.57 bits per heavy atom. The third-order valence-corrected chi connectivity index (χ3v) is 4.64. The largest absolute Gasteiger partial charge is 0.497 e. The molecule has 0 heterocycles. The smallest absolute Gasteiger partial charge is 0.119 e. The average Bonchev–Trinajstić information content (AvgIpc) is 2.58. The van der Waals surface area contributed by atoms with Crippen LogP contribution < -0.4 is 10.1 Å². The van der Waals surface area contributed by atoms with Gasteiger partial charge in [-0.3, -0.25) is 0 Å². The Morgan fingerprint density at radius 3 is 2.17 bits per heavy atom. The summed E-state index contributed by atoms with van der Waals surface area (Å²) in [4.78, 5) is 0. The van der Waals surface area contributed by atoms with Crippen LogP contribution >= 0.6 is 0 Å². The molecule has 1 fully saturated rings. The van der Waals surface area contributed by atoms with E-state index in [4.69, 9.17) is 4.74 Å². The van der Waals surface area contributed by atoms with Gasteiger partial charge < -0.3 is 15.3 Å². The van der Waals surface area contributed by atoms with Crippen molar-refractivity contribution in [2.75, 3.05) is 12.4 Å². The monoisotopic (exact) mass is 318 g/mol. The third-order valence-electron chi connectivity index (χ3n) is 4.64. The second-order valence-electron chi connectivity index (χ2n) is 6.38. The SMILES string of the molecule is COc1ccc(NC2CCCCCCCCCC/C2=N/O)cc1. The zero-order valence-corrected chi connectivity index (χ0v) is 14.3. The molecule has 1 saturated carbocycles. The molecule has 1 aliphatic carbocycles. The molecule has 0 bridgehead atoms. The molecule has 0 saturated heterocycles. The van der Waals surface area contributed by atoms with Crippen molar-refractivity contribution in [2.45, 2.75) is 70.3 Å². The second kappa shape index (κ2) is 10.1. The maximum absolute atomic E-state index is 9.45. The minimum Gasteiger partial charge on any atom is -0.497 e. The van der Waals surface area contributed by atoms with Crippen LogP contribution in [0.1, 0.15) is 64.2 Å². The van der Waals surface area contributed by atoms with Gasteiger partial charge in [0.25, 0.3) is 0 Å². The Balaban J connectivity index is 2.01. The van der Waals surface area contributed by atoms with Crippen LogP contribution in [-0.4, -0.2) is 24.1 Å². The van der Waals surface area contributed by atoms with Gasteiger partial charge in [0.1, 0.15) is 5.75 Å². The summed E-state index contributed by atoms with van der Waals surface area (Å²) in [6.45, 7) is 0. The lowest BCUT2D eigenvalue weighted by Gasteiger charge is -2.22. The van der Waals surface area contributed by atoms with Gasteiger partial charge in [-0.05, 0) is 43.5 Å². The highest BCUT2D eigenvalue weighted by atomic mass is 16.5. The van der Waals surface area contributed by atoms with Gasteiger partial charge in [-0.15, -0.1) is 0 Å². The van der Waals surface area contributed by atoms with Crippen LogP contribution in [0, 0.1) is 0 Å². The van der Waals surface area contributed by atoms with Crippen LogP contribution in [0.15, 0.2) is 29.4 Å². The van der Waals surface area contributed by atoms with E-state index in [0.29, 0.717) is 0 Å². The van der Waals surface area contributed by atoms with E-state index in [9.17, 15) is 5.21 Å². The van der Waals surface area contributed by atoms with Gasteiger partial charge in [0.05, 0.1) is 18.9 Å². The topological polar surface area (TPSA) is 53.8 Å². The summed E-state index contributed by atoms with van der Waals surface area (Å²) >= 11 is 0. The number of methoxy groups -OCH3 is 1. The van der Waals surface area contributed by atoms with Crippen molar-refractivity contribution in [1.82, 2.24) is 0 Å². The van der Waals surface area contributed by atoms with Gasteiger partial charge in [-0.1, -0.05) is 50.1 Å². The van der Waals surface area contributed by atoms with Crippen LogP contribution in [0.4, 0.5) is 5.69 Å². The van der Waals surface area contributed by atoms with Crippen molar-refractivity contribution in [3.05, 3.63) is 24.3 Å². The molecule has 1 aromatic rings. The minimum atomic E-state index is 0.118. The van der Waals surface area contributed by atoms with Crippen molar-refractivity contribution >= 4 is 11.4 Å². The first kappa shape index (κ1) is 17.6. The number of rotatable bonds is 3. The molecule has 2 rings (SSSR count). The van der Waals surface area contributed by atoms with E-state index in [1.54, 1.807) is 7.11 Å². The number of ether oxygens (including phenoxy) is 1. The molecule has 4 nitrogen and oxygen atoms in total. The third kappa shape index (κ3) is 6.12. The number of hydrogen-bond acceptors (Lipinski definition) is 4. The summed E-state index contributed by atoms with van der Waals surface area (Å²) in [7, 11) is 1.67. The fourth-order valence-corrected chi connectivity index (χ4v) is 3.22. The fourth-order valence-electron chi connectivity index (χ4n) is 3.22. The zero-order chi connectivity index (χ0) is 16.3. The Hall–Kier alpha value is -1.71. The summed E-state index contributed by atoms with van der Waals surface area (Å²) in [5.74, 6) is 0.852. The van der Waals surface area contributed by atoms with Crippen molar-refractivity contribution in [3.63, 3.8) is 0 Å². The van der Waals surface area contributed by atoms with Crippen molar-refractivity contribution < 1.29 is 9.94 Å². The fraction of sp³-hybridized carbons (Fsp3) is 0.632. The average molecular weight is 318 g/mol. The van der Waals surface area contributed by atoms with E-state index < -0.39 is 0 Å². The first-order valence-corrected chi connectivity index (χ1v) is 8.95. The molecule has 4 heteroatoms. The molecular weight excluding hydrogens is 288 g/mol. The van der Waals surface area contributed by atoms with Crippen LogP contribution in [0.2, 0.25) is 0 Å². The van der Waals surface area contributed by atoms with Crippen LogP contribution in [-0.2, 0) is 0 Å². The Morgan fingerprint density at radius 1 is 0.957 bits per heavy atom. The highest BCUT2D eigenvalue weighted by Crippen LogP contribution is 2.21. The van der Waals surface area contributed by atoms with Crippen LogP contribution in [0.3, 0.4) is 0 Å². The number of nitrogens with one attached hydrogen (secondary N) is 1. The summed E-state index contributed by atoms with van der Waals surface area (Å²) in [6.07, 6.45) is 12.0. The molecule has 0 radical (unpaired) electrons. The zero-order valence-electron chi connectivity index (χ0n) is 14.3. The Bertz CT molecular complexity index is 471. The van der Waals surface area contributed by atoms with Crippen molar-refractivity contribution in [3.8, 4) is 5.75 Å². The van der Waals surface area contributed by atoms with Crippen molar-refractivity contribution in [1.29, 1.82) is 0 Å². The van der Waals surface area contributed by atoms with E-state index in [1.165, 1.54) is 44.9 Å². The number of nitrogens with zero attached hydrogens (tertiary/aromatic N) is 1. The normalized spacial score (nSPS) is 22.8. The molecule has 0 amide bonds. The summed E-state index contributed by atoms with van der Waals surface area (Å²) in [5, 5.41) is 16.6. The molecule has 23 heavy (non-hydrogen) atoms. The minimum absolute atomic E-state index is 0.118. The quantitative estimate of drug-likeness (QED) is 0.593.